The van der Waals surface area contributed by atoms with Crippen LogP contribution in [-0.2, 0) is 4.79 Å². The summed E-state index contributed by atoms with van der Waals surface area (Å²) in [6.07, 6.45) is 0. The zero-order chi connectivity index (χ0) is 10.0. The van der Waals surface area contributed by atoms with Gasteiger partial charge in [0.05, 0.1) is 5.92 Å². The number of benzene rings is 1. The molecule has 1 rings (SSSR count). The molecule has 70 valence electrons. The maximum absolute atomic E-state index is 10.6. The Labute approximate surface area is 75.1 Å². The molecule has 0 saturated carbocycles. The first-order valence-electron chi connectivity index (χ1n) is 3.76. The van der Waals surface area contributed by atoms with E-state index in [1.165, 1.54) is 19.1 Å². The summed E-state index contributed by atoms with van der Waals surface area (Å²) in [4.78, 5) is 10.6. The predicted molar refractivity (Wildman–Crippen MR) is 45.8 cm³/mol. The molecule has 1 aromatic rings. The Morgan fingerprint density at radius 2 is 1.69 bits per heavy atom. The van der Waals surface area contributed by atoms with Crippen molar-refractivity contribution in [1.82, 2.24) is 0 Å². The fourth-order valence-corrected chi connectivity index (χ4v) is 1.01. The number of phenolic OH excluding ortho intramolecular Hbond substituents is 2. The molecule has 0 aliphatic heterocycles. The molecule has 0 unspecified atom stereocenters. The van der Waals surface area contributed by atoms with Gasteiger partial charge in [0.1, 0.15) is 11.5 Å². The quantitative estimate of drug-likeness (QED) is 0.643. The highest BCUT2D eigenvalue weighted by Crippen LogP contribution is 2.25. The van der Waals surface area contributed by atoms with Crippen LogP contribution in [0.3, 0.4) is 0 Å². The largest absolute Gasteiger partial charge is 0.508 e. The van der Waals surface area contributed by atoms with Crippen molar-refractivity contribution in [2.75, 3.05) is 0 Å². The van der Waals surface area contributed by atoms with Crippen molar-refractivity contribution in [2.24, 2.45) is 0 Å². The zero-order valence-electron chi connectivity index (χ0n) is 7.06. The van der Waals surface area contributed by atoms with Gasteiger partial charge in [-0.25, -0.2) is 0 Å². The fourth-order valence-electron chi connectivity index (χ4n) is 1.01. The average Bonchev–Trinajstić information content (AvgIpc) is 2.01. The molecule has 0 amide bonds. The second kappa shape index (κ2) is 3.35. The molecular formula is C9H10O4. The van der Waals surface area contributed by atoms with Crippen molar-refractivity contribution >= 4 is 5.97 Å². The minimum atomic E-state index is -0.995. The monoisotopic (exact) mass is 182 g/mol. The van der Waals surface area contributed by atoms with Gasteiger partial charge in [-0.05, 0) is 24.6 Å². The summed E-state index contributed by atoms with van der Waals surface area (Å²) in [5, 5.41) is 26.8. The minimum Gasteiger partial charge on any atom is -0.508 e. The highest BCUT2D eigenvalue weighted by atomic mass is 16.4. The SMILES string of the molecule is C[C@@H](C(=O)O)c1cc(O)cc(O)c1. The summed E-state index contributed by atoms with van der Waals surface area (Å²) in [6, 6.07) is 3.79. The summed E-state index contributed by atoms with van der Waals surface area (Å²) >= 11 is 0. The number of carbonyl (C=O) groups is 1. The molecule has 0 spiro atoms. The van der Waals surface area contributed by atoms with E-state index in [0.29, 0.717) is 5.56 Å². The van der Waals surface area contributed by atoms with Crippen molar-refractivity contribution in [3.8, 4) is 11.5 Å². The fraction of sp³-hybridized carbons (Fsp3) is 0.222. The van der Waals surface area contributed by atoms with E-state index in [1.54, 1.807) is 0 Å². The number of rotatable bonds is 2. The molecule has 0 bridgehead atoms. The van der Waals surface area contributed by atoms with Gasteiger partial charge in [-0.3, -0.25) is 4.79 Å². The molecular weight excluding hydrogens is 172 g/mol. The Balaban J connectivity index is 3.07. The van der Waals surface area contributed by atoms with Gasteiger partial charge in [-0.15, -0.1) is 0 Å². The molecule has 0 aliphatic carbocycles. The Bertz CT molecular complexity index is 312. The summed E-state index contributed by atoms with van der Waals surface area (Å²) < 4.78 is 0. The molecule has 0 aromatic heterocycles. The van der Waals surface area contributed by atoms with Crippen LogP contribution in [0.25, 0.3) is 0 Å². The first kappa shape index (κ1) is 9.38. The van der Waals surface area contributed by atoms with Crippen LogP contribution in [-0.4, -0.2) is 21.3 Å². The minimum absolute atomic E-state index is 0.136. The van der Waals surface area contributed by atoms with Gasteiger partial charge in [0.25, 0.3) is 0 Å². The summed E-state index contributed by atoms with van der Waals surface area (Å²) in [6.45, 7) is 1.48. The van der Waals surface area contributed by atoms with E-state index in [0.717, 1.165) is 6.07 Å². The molecule has 4 nitrogen and oxygen atoms in total. The number of carboxylic acid groups (broad SMARTS) is 1. The molecule has 1 aromatic carbocycles. The second-order valence-electron chi connectivity index (χ2n) is 2.84. The van der Waals surface area contributed by atoms with Gasteiger partial charge in [0.2, 0.25) is 0 Å². The van der Waals surface area contributed by atoms with Crippen LogP contribution in [0, 0.1) is 0 Å². The Hall–Kier alpha value is -1.71. The molecule has 0 fully saturated rings. The molecule has 0 aliphatic rings. The molecule has 4 heteroatoms. The van der Waals surface area contributed by atoms with Gasteiger partial charge >= 0.3 is 5.97 Å². The number of aliphatic carboxylic acids is 1. The lowest BCUT2D eigenvalue weighted by molar-refractivity contribution is -0.138. The molecule has 0 heterocycles. The highest BCUT2D eigenvalue weighted by molar-refractivity contribution is 5.75. The number of carboxylic acids is 1. The first-order valence-corrected chi connectivity index (χ1v) is 3.76. The Morgan fingerprint density at radius 3 is 2.08 bits per heavy atom. The maximum atomic E-state index is 10.6. The predicted octanol–water partition coefficient (Wildman–Crippen LogP) is 1.29. The van der Waals surface area contributed by atoms with Crippen LogP contribution in [0.1, 0.15) is 18.4 Å². The third-order valence-corrected chi connectivity index (χ3v) is 1.80. The lowest BCUT2D eigenvalue weighted by Crippen LogP contribution is -2.06. The molecule has 13 heavy (non-hydrogen) atoms. The van der Waals surface area contributed by atoms with Crippen molar-refractivity contribution in [2.45, 2.75) is 12.8 Å². The third-order valence-electron chi connectivity index (χ3n) is 1.80. The van der Waals surface area contributed by atoms with Crippen LogP contribution >= 0.6 is 0 Å². The third kappa shape index (κ3) is 2.11. The van der Waals surface area contributed by atoms with E-state index in [9.17, 15) is 4.79 Å². The molecule has 0 radical (unpaired) electrons. The van der Waals surface area contributed by atoms with E-state index in [-0.39, 0.29) is 11.5 Å². The van der Waals surface area contributed by atoms with E-state index in [4.69, 9.17) is 15.3 Å². The Morgan fingerprint density at radius 1 is 1.23 bits per heavy atom. The van der Waals surface area contributed by atoms with E-state index < -0.39 is 11.9 Å². The number of hydrogen-bond acceptors (Lipinski definition) is 3. The van der Waals surface area contributed by atoms with Crippen molar-refractivity contribution in [1.29, 1.82) is 0 Å². The highest BCUT2D eigenvalue weighted by Gasteiger charge is 2.14. The number of hydrogen-bond donors (Lipinski definition) is 3. The lowest BCUT2D eigenvalue weighted by atomic mass is 10.0. The van der Waals surface area contributed by atoms with Crippen LogP contribution < -0.4 is 0 Å². The summed E-state index contributed by atoms with van der Waals surface area (Å²) in [5.41, 5.74) is 0.380. The van der Waals surface area contributed by atoms with Gasteiger partial charge in [0.15, 0.2) is 0 Å². The Kier molecular flexibility index (Phi) is 2.41. The van der Waals surface area contributed by atoms with Crippen molar-refractivity contribution in [3.63, 3.8) is 0 Å². The molecule has 1 atom stereocenters. The number of phenols is 2. The van der Waals surface area contributed by atoms with Crippen LogP contribution in [0.5, 0.6) is 11.5 Å². The van der Waals surface area contributed by atoms with E-state index in [1.807, 2.05) is 0 Å². The van der Waals surface area contributed by atoms with E-state index in [2.05, 4.69) is 0 Å². The lowest BCUT2D eigenvalue weighted by Gasteiger charge is -2.07. The second-order valence-corrected chi connectivity index (χ2v) is 2.84. The smallest absolute Gasteiger partial charge is 0.310 e. The number of aromatic hydroxyl groups is 2. The topological polar surface area (TPSA) is 77.8 Å². The van der Waals surface area contributed by atoms with Crippen LogP contribution in [0.2, 0.25) is 0 Å². The summed E-state index contributed by atoms with van der Waals surface area (Å²) in [5.74, 6) is -2.01. The van der Waals surface area contributed by atoms with Crippen molar-refractivity contribution in [3.05, 3.63) is 23.8 Å². The van der Waals surface area contributed by atoms with Gasteiger partial charge in [-0.1, -0.05) is 0 Å². The molecule has 3 N–H and O–H groups in total. The average molecular weight is 182 g/mol. The van der Waals surface area contributed by atoms with Crippen LogP contribution in [0.15, 0.2) is 18.2 Å². The van der Waals surface area contributed by atoms with Gasteiger partial charge < -0.3 is 15.3 Å². The van der Waals surface area contributed by atoms with E-state index >= 15 is 0 Å². The van der Waals surface area contributed by atoms with Gasteiger partial charge in [-0.2, -0.15) is 0 Å². The van der Waals surface area contributed by atoms with Crippen LogP contribution in [0.4, 0.5) is 0 Å². The standard InChI is InChI=1S/C9H10O4/c1-5(9(12)13)6-2-7(10)4-8(11)3-6/h2-5,10-11H,1H3,(H,12,13)/t5-/m1/s1. The summed E-state index contributed by atoms with van der Waals surface area (Å²) in [7, 11) is 0. The molecule has 0 saturated heterocycles. The zero-order valence-corrected chi connectivity index (χ0v) is 7.06. The normalized spacial score (nSPS) is 12.4. The first-order chi connectivity index (χ1) is 6.00. The van der Waals surface area contributed by atoms with Crippen molar-refractivity contribution < 1.29 is 20.1 Å². The maximum Gasteiger partial charge on any atom is 0.310 e. The van der Waals surface area contributed by atoms with Gasteiger partial charge in [0, 0.05) is 6.07 Å².